The minimum absolute atomic E-state index is 0.00997. The van der Waals surface area contributed by atoms with Crippen LogP contribution in [0.5, 0.6) is 0 Å². The summed E-state index contributed by atoms with van der Waals surface area (Å²) in [5, 5.41) is 0. The fraction of sp³-hybridized carbons (Fsp3) is 0.457. The first-order valence-electron chi connectivity index (χ1n) is 15.3. The van der Waals surface area contributed by atoms with Crippen molar-refractivity contribution in [1.82, 2.24) is 19.9 Å². The highest BCUT2D eigenvalue weighted by atomic mass is 16.5. The van der Waals surface area contributed by atoms with Crippen molar-refractivity contribution >= 4 is 39.6 Å². The van der Waals surface area contributed by atoms with Gasteiger partial charge in [0.1, 0.15) is 0 Å². The molecule has 224 valence electrons. The number of ketones is 2. The molecular weight excluding hydrogens is 540 g/mol. The van der Waals surface area contributed by atoms with Crippen molar-refractivity contribution in [3.8, 4) is 0 Å². The summed E-state index contributed by atoms with van der Waals surface area (Å²) in [7, 11) is 1.40. The van der Waals surface area contributed by atoms with Crippen molar-refractivity contribution in [3.63, 3.8) is 0 Å². The molecule has 0 aromatic carbocycles. The van der Waals surface area contributed by atoms with E-state index in [1.165, 1.54) is 7.11 Å². The average molecular weight is 581 g/mol. The first-order chi connectivity index (χ1) is 20.4. The molecule has 0 radical (unpaired) electrons. The predicted molar refractivity (Wildman–Crippen MR) is 167 cm³/mol. The largest absolute Gasteiger partial charge is 0.469 e. The normalized spacial score (nSPS) is 22.7. The van der Waals surface area contributed by atoms with Crippen LogP contribution in [0.3, 0.4) is 0 Å². The van der Waals surface area contributed by atoms with E-state index in [-0.39, 0.29) is 53.5 Å². The van der Waals surface area contributed by atoms with Gasteiger partial charge in [-0.2, -0.15) is 0 Å². The number of aromatic nitrogens is 4. The molecule has 1 aliphatic carbocycles. The molecule has 8 bridgehead atoms. The van der Waals surface area contributed by atoms with Gasteiger partial charge in [0.15, 0.2) is 11.6 Å². The number of H-pyrrole nitrogens is 2. The van der Waals surface area contributed by atoms with Crippen LogP contribution in [0, 0.1) is 13.8 Å². The summed E-state index contributed by atoms with van der Waals surface area (Å²) in [6.07, 6.45) is 1.97. The minimum Gasteiger partial charge on any atom is -0.469 e. The summed E-state index contributed by atoms with van der Waals surface area (Å²) < 4.78 is 4.96. The Morgan fingerprint density at radius 2 is 1.72 bits per heavy atom. The molecule has 3 aromatic rings. The van der Waals surface area contributed by atoms with E-state index in [1.807, 2.05) is 26.0 Å². The number of esters is 1. The number of carbonyl (C=O) groups is 3. The summed E-state index contributed by atoms with van der Waals surface area (Å²) in [6, 6.07) is 6.15. The third kappa shape index (κ3) is 4.36. The highest BCUT2D eigenvalue weighted by molar-refractivity contribution is 6.13. The lowest BCUT2D eigenvalue weighted by molar-refractivity contribution is -0.140. The summed E-state index contributed by atoms with van der Waals surface area (Å²) in [5.41, 5.74) is 10.7. The van der Waals surface area contributed by atoms with E-state index >= 15 is 0 Å². The standard InChI is InChI=1S/C35H40N4O4/c1-9-35(7)19(5)26-14-27-31(20(6)40)17(3)24(36-27)13-23-16(2)21(10-11-30(42)43-8)33(38-23)22-12-28(41)32-18(4)25(39-34(22)32)15-29(35)37-26/h13-16,19,21,36,39H,9-12H2,1-8H3/t16-,19?,21-,35?/m0/s1. The molecule has 2 unspecified atom stereocenters. The molecule has 2 aliphatic heterocycles. The van der Waals surface area contributed by atoms with Crippen LogP contribution in [0.1, 0.15) is 132 Å². The zero-order chi connectivity index (χ0) is 31.0. The van der Waals surface area contributed by atoms with Gasteiger partial charge in [-0.3, -0.25) is 24.4 Å². The number of nitrogens with one attached hydrogen (secondary N) is 2. The predicted octanol–water partition coefficient (Wildman–Crippen LogP) is 7.18. The van der Waals surface area contributed by atoms with Gasteiger partial charge in [-0.15, -0.1) is 0 Å². The molecule has 2 N–H and O–H groups in total. The van der Waals surface area contributed by atoms with Crippen LogP contribution in [-0.4, -0.2) is 44.6 Å². The maximum absolute atomic E-state index is 13.5. The van der Waals surface area contributed by atoms with Crippen LogP contribution < -0.4 is 0 Å². The highest BCUT2D eigenvalue weighted by Crippen LogP contribution is 2.46. The molecule has 6 rings (SSSR count). The topological polar surface area (TPSA) is 118 Å². The maximum Gasteiger partial charge on any atom is 0.305 e. The van der Waals surface area contributed by atoms with E-state index in [9.17, 15) is 14.4 Å². The number of hydrogen-bond donors (Lipinski definition) is 2. The lowest BCUT2D eigenvalue weighted by Crippen LogP contribution is -2.23. The van der Waals surface area contributed by atoms with Crippen LogP contribution in [0.25, 0.3) is 22.1 Å². The van der Waals surface area contributed by atoms with Gasteiger partial charge < -0.3 is 14.7 Å². The molecule has 43 heavy (non-hydrogen) atoms. The number of hydrogen-bond acceptors (Lipinski definition) is 6. The van der Waals surface area contributed by atoms with E-state index in [4.69, 9.17) is 14.7 Å². The third-order valence-corrected chi connectivity index (χ3v) is 10.6. The average Bonchev–Trinajstić information content (AvgIpc) is 3.71. The van der Waals surface area contributed by atoms with Crippen LogP contribution in [0.4, 0.5) is 0 Å². The summed E-state index contributed by atoms with van der Waals surface area (Å²) in [4.78, 5) is 56.1. The Morgan fingerprint density at radius 1 is 1.02 bits per heavy atom. The summed E-state index contributed by atoms with van der Waals surface area (Å²) >= 11 is 0. The Labute approximate surface area is 251 Å². The molecule has 3 aromatic heterocycles. The van der Waals surface area contributed by atoms with Crippen molar-refractivity contribution in [2.45, 2.75) is 97.3 Å². The molecule has 0 spiro atoms. The van der Waals surface area contributed by atoms with E-state index in [0.717, 1.165) is 73.5 Å². The molecule has 0 fully saturated rings. The van der Waals surface area contributed by atoms with Gasteiger partial charge in [0.2, 0.25) is 0 Å². The fourth-order valence-corrected chi connectivity index (χ4v) is 7.40. The lowest BCUT2D eigenvalue weighted by atomic mass is 9.74. The first-order valence-corrected chi connectivity index (χ1v) is 15.3. The lowest BCUT2D eigenvalue weighted by Gasteiger charge is -2.27. The number of aryl methyl sites for hydroxylation is 2. The molecule has 4 atom stereocenters. The molecule has 5 heterocycles. The zero-order valence-corrected chi connectivity index (χ0v) is 26.3. The van der Waals surface area contributed by atoms with Gasteiger partial charge >= 0.3 is 5.97 Å². The van der Waals surface area contributed by atoms with Crippen molar-refractivity contribution in [2.75, 3.05) is 7.11 Å². The molecule has 0 amide bonds. The number of fused-ring (bicyclic) bond motifs is 8. The van der Waals surface area contributed by atoms with Gasteiger partial charge in [0, 0.05) is 80.8 Å². The molecule has 8 nitrogen and oxygen atoms in total. The Bertz CT molecular complexity index is 1880. The smallest absolute Gasteiger partial charge is 0.305 e. The second kappa shape index (κ2) is 10.3. The number of methoxy groups -OCH3 is 1. The number of rotatable bonds is 5. The maximum atomic E-state index is 13.5. The minimum atomic E-state index is -0.267. The monoisotopic (exact) mass is 580 g/mol. The van der Waals surface area contributed by atoms with Gasteiger partial charge in [-0.25, -0.2) is 0 Å². The summed E-state index contributed by atoms with van der Waals surface area (Å²) in [6.45, 7) is 14.3. The second-order valence-electron chi connectivity index (χ2n) is 12.8. The quantitative estimate of drug-likeness (QED) is 0.244. The highest BCUT2D eigenvalue weighted by Gasteiger charge is 2.40. The Hall–Kier alpha value is -4.07. The molecule has 8 heteroatoms. The van der Waals surface area contributed by atoms with E-state index < -0.39 is 0 Å². The first kappa shape index (κ1) is 29.0. The molecule has 0 saturated heterocycles. The van der Waals surface area contributed by atoms with E-state index in [0.29, 0.717) is 12.0 Å². The molecule has 0 saturated carbocycles. The van der Waals surface area contributed by atoms with Crippen molar-refractivity contribution in [1.29, 1.82) is 0 Å². The van der Waals surface area contributed by atoms with Crippen LogP contribution in [-0.2, 0) is 21.4 Å². The van der Waals surface area contributed by atoms with Crippen LogP contribution in [0.2, 0.25) is 0 Å². The number of ether oxygens (including phenoxy) is 1. The zero-order valence-electron chi connectivity index (χ0n) is 26.3. The van der Waals surface area contributed by atoms with Gasteiger partial charge in [0.05, 0.1) is 23.8 Å². The fourth-order valence-electron chi connectivity index (χ4n) is 7.40. The Kier molecular flexibility index (Phi) is 6.94. The van der Waals surface area contributed by atoms with Crippen molar-refractivity contribution in [2.24, 2.45) is 0 Å². The van der Waals surface area contributed by atoms with Crippen LogP contribution in [0.15, 0.2) is 18.2 Å². The van der Waals surface area contributed by atoms with Gasteiger partial charge in [-0.1, -0.05) is 27.7 Å². The Balaban J connectivity index is 1.76. The van der Waals surface area contributed by atoms with Crippen LogP contribution >= 0.6 is 0 Å². The molecular formula is C35H40N4O4. The number of carbonyl (C=O) groups excluding carboxylic acids is 3. The molecule has 3 aliphatic rings. The summed E-state index contributed by atoms with van der Waals surface area (Å²) in [5.74, 6) is -0.163. The van der Waals surface area contributed by atoms with Crippen molar-refractivity contribution < 1.29 is 19.1 Å². The van der Waals surface area contributed by atoms with E-state index in [2.05, 4.69) is 43.7 Å². The second-order valence-corrected chi connectivity index (χ2v) is 12.8. The third-order valence-electron chi connectivity index (χ3n) is 10.6. The van der Waals surface area contributed by atoms with Gasteiger partial charge in [0.25, 0.3) is 0 Å². The van der Waals surface area contributed by atoms with E-state index in [1.54, 1.807) is 6.92 Å². The Morgan fingerprint density at radius 3 is 2.40 bits per heavy atom. The number of aromatic amines is 2. The van der Waals surface area contributed by atoms with Gasteiger partial charge in [-0.05, 0) is 62.9 Å². The number of nitrogens with zero attached hydrogens (tertiary/aromatic N) is 2. The number of Topliss-reactive ketones (excluding diaryl/α,β-unsaturated/α-hetero) is 2. The SMILES string of the molecule is CCC1(C)c2cc3[nH]c4c(c5nc(cc6[nH]c(cc(n2)C1C)c(C(C)=O)c6C)[C@@H](C)[C@@H]5CCC(=O)OC)CC(=O)c4c3C. The van der Waals surface area contributed by atoms with Crippen molar-refractivity contribution in [3.05, 3.63) is 68.8 Å².